The fourth-order valence-corrected chi connectivity index (χ4v) is 3.90. The van der Waals surface area contributed by atoms with Crippen molar-refractivity contribution in [2.75, 3.05) is 20.2 Å². The van der Waals surface area contributed by atoms with Gasteiger partial charge in [-0.25, -0.2) is 4.79 Å². The number of esters is 1. The van der Waals surface area contributed by atoms with Gasteiger partial charge in [0.1, 0.15) is 24.2 Å². The summed E-state index contributed by atoms with van der Waals surface area (Å²) in [6, 6.07) is 3.76. The number of benzene rings is 1. The zero-order valence-corrected chi connectivity index (χ0v) is 23.9. The van der Waals surface area contributed by atoms with Crippen molar-refractivity contribution in [3.05, 3.63) is 34.9 Å². The molecule has 3 unspecified atom stereocenters. The van der Waals surface area contributed by atoms with Gasteiger partial charge in [-0.2, -0.15) is 0 Å². The number of methoxy groups -OCH3 is 1. The van der Waals surface area contributed by atoms with E-state index in [1.54, 1.807) is 20.8 Å². The molecule has 0 heterocycles. The maximum absolute atomic E-state index is 14.1. The molecule has 0 saturated carbocycles. The summed E-state index contributed by atoms with van der Waals surface area (Å²) < 4.78 is 10.1. The molecule has 0 aliphatic carbocycles. The lowest BCUT2D eigenvalue weighted by atomic mass is 9.93. The van der Waals surface area contributed by atoms with Crippen LogP contribution in [0.2, 0.25) is 0 Å². The fourth-order valence-electron chi connectivity index (χ4n) is 3.90. The highest BCUT2D eigenvalue weighted by atomic mass is 16.6. The van der Waals surface area contributed by atoms with Gasteiger partial charge in [0, 0.05) is 6.54 Å². The maximum atomic E-state index is 14.1. The third-order valence-electron chi connectivity index (χ3n) is 6.10. The predicted octanol–water partition coefficient (Wildman–Crippen LogP) is 4.20. The van der Waals surface area contributed by atoms with Crippen LogP contribution in [0, 0.1) is 19.8 Å². The van der Waals surface area contributed by atoms with E-state index in [-0.39, 0.29) is 18.4 Å². The molecule has 0 fully saturated rings. The van der Waals surface area contributed by atoms with Gasteiger partial charge in [-0.05, 0) is 58.1 Å². The third kappa shape index (κ3) is 10.1. The Labute approximate surface area is 221 Å². The van der Waals surface area contributed by atoms with Crippen LogP contribution in [-0.4, -0.2) is 60.6 Å². The molecule has 9 nitrogen and oxygen atoms in total. The standard InChI is InChI=1S/C28H45N3O6/c1-10-12-15-31(26(34)23(19(4)11-2)30-27(35)37-28(6,7)8)24(25(33)29-17-22(32)36-9)21-14-13-18(3)16-20(21)5/h13-14,16,19,23-24H,10-12,15,17H2,1-9H3,(H,29,33)(H,30,35). The Balaban J connectivity index is 3.56. The van der Waals surface area contributed by atoms with Gasteiger partial charge in [0.25, 0.3) is 0 Å². The highest BCUT2D eigenvalue weighted by Gasteiger charge is 2.38. The normalized spacial score (nSPS) is 13.6. The Morgan fingerprint density at radius 3 is 2.24 bits per heavy atom. The van der Waals surface area contributed by atoms with Gasteiger partial charge >= 0.3 is 12.1 Å². The van der Waals surface area contributed by atoms with Gasteiger partial charge in [-0.3, -0.25) is 14.4 Å². The van der Waals surface area contributed by atoms with Gasteiger partial charge in [-0.1, -0.05) is 57.4 Å². The number of unbranched alkanes of at least 4 members (excludes halogenated alkanes) is 1. The highest BCUT2D eigenvalue weighted by molar-refractivity contribution is 5.93. The quantitative estimate of drug-likeness (QED) is 0.400. The fraction of sp³-hybridized carbons (Fsp3) is 0.643. The number of rotatable bonds is 12. The van der Waals surface area contributed by atoms with Crippen LogP contribution < -0.4 is 10.6 Å². The zero-order chi connectivity index (χ0) is 28.3. The molecular formula is C28H45N3O6. The monoisotopic (exact) mass is 519 g/mol. The molecule has 3 amide bonds. The van der Waals surface area contributed by atoms with E-state index in [2.05, 4.69) is 15.4 Å². The van der Waals surface area contributed by atoms with Crippen LogP contribution in [0.15, 0.2) is 18.2 Å². The van der Waals surface area contributed by atoms with E-state index < -0.39 is 35.7 Å². The minimum Gasteiger partial charge on any atom is -0.468 e. The number of alkyl carbamates (subject to hydrolysis) is 1. The van der Waals surface area contributed by atoms with Gasteiger partial charge < -0.3 is 25.0 Å². The van der Waals surface area contributed by atoms with Crippen molar-refractivity contribution >= 4 is 23.9 Å². The summed E-state index contributed by atoms with van der Waals surface area (Å²) in [5.41, 5.74) is 1.78. The first-order valence-electron chi connectivity index (χ1n) is 13.0. The second kappa shape index (κ2) is 14.6. The molecule has 0 aliphatic rings. The van der Waals surface area contributed by atoms with Gasteiger partial charge in [0.2, 0.25) is 11.8 Å². The van der Waals surface area contributed by atoms with Crippen LogP contribution in [0.3, 0.4) is 0 Å². The molecule has 1 rings (SSSR count). The van der Waals surface area contributed by atoms with Crippen molar-refractivity contribution in [1.82, 2.24) is 15.5 Å². The first kappa shape index (κ1) is 31.9. The first-order valence-corrected chi connectivity index (χ1v) is 13.0. The molecule has 37 heavy (non-hydrogen) atoms. The summed E-state index contributed by atoms with van der Waals surface area (Å²) in [5.74, 6) is -1.70. The van der Waals surface area contributed by atoms with E-state index in [9.17, 15) is 19.2 Å². The molecule has 9 heteroatoms. The Kier molecular flexibility index (Phi) is 12.6. The molecule has 0 aliphatic heterocycles. The van der Waals surface area contributed by atoms with Crippen LogP contribution in [0.25, 0.3) is 0 Å². The third-order valence-corrected chi connectivity index (χ3v) is 6.10. The molecule has 208 valence electrons. The minimum absolute atomic E-state index is 0.220. The lowest BCUT2D eigenvalue weighted by Gasteiger charge is -2.36. The number of aryl methyl sites for hydroxylation is 2. The molecule has 0 radical (unpaired) electrons. The topological polar surface area (TPSA) is 114 Å². The van der Waals surface area contributed by atoms with Crippen molar-refractivity contribution in [2.24, 2.45) is 5.92 Å². The maximum Gasteiger partial charge on any atom is 0.408 e. The number of hydrogen-bond acceptors (Lipinski definition) is 6. The summed E-state index contributed by atoms with van der Waals surface area (Å²) in [6.45, 7) is 14.9. The summed E-state index contributed by atoms with van der Waals surface area (Å²) in [6.07, 6.45) is 1.37. The van der Waals surface area contributed by atoms with Crippen molar-refractivity contribution in [3.8, 4) is 0 Å². The van der Waals surface area contributed by atoms with Gasteiger partial charge in [0.05, 0.1) is 7.11 Å². The van der Waals surface area contributed by atoms with Crippen LogP contribution in [0.1, 0.15) is 83.5 Å². The molecule has 0 aromatic heterocycles. The van der Waals surface area contributed by atoms with Crippen molar-refractivity contribution in [3.63, 3.8) is 0 Å². The molecule has 3 atom stereocenters. The number of hydrogen-bond donors (Lipinski definition) is 2. The van der Waals surface area contributed by atoms with Crippen LogP contribution in [0.5, 0.6) is 0 Å². The number of carbonyl (C=O) groups is 4. The van der Waals surface area contributed by atoms with E-state index in [0.717, 1.165) is 17.5 Å². The van der Waals surface area contributed by atoms with Crippen molar-refractivity contribution in [2.45, 2.75) is 92.3 Å². The molecule has 0 spiro atoms. The van der Waals surface area contributed by atoms with Crippen LogP contribution >= 0.6 is 0 Å². The Bertz CT molecular complexity index is 940. The van der Waals surface area contributed by atoms with Gasteiger partial charge in [0.15, 0.2) is 0 Å². The SMILES string of the molecule is CCCCN(C(=O)C(NC(=O)OC(C)(C)C)C(C)CC)C(C(=O)NCC(=O)OC)c1ccc(C)cc1C. The smallest absolute Gasteiger partial charge is 0.408 e. The predicted molar refractivity (Wildman–Crippen MR) is 143 cm³/mol. The lowest BCUT2D eigenvalue weighted by Crippen LogP contribution is -2.55. The number of carbonyl (C=O) groups excluding carboxylic acids is 4. The van der Waals surface area contributed by atoms with Crippen molar-refractivity contribution in [1.29, 1.82) is 0 Å². The zero-order valence-electron chi connectivity index (χ0n) is 23.9. The van der Waals surface area contributed by atoms with Gasteiger partial charge in [-0.15, -0.1) is 0 Å². The molecule has 1 aromatic carbocycles. The minimum atomic E-state index is -1.00. The molecular weight excluding hydrogens is 474 g/mol. The van der Waals surface area contributed by atoms with Crippen LogP contribution in [0.4, 0.5) is 4.79 Å². The average Bonchev–Trinajstić information content (AvgIpc) is 2.82. The Morgan fingerprint density at radius 2 is 1.73 bits per heavy atom. The van der Waals surface area contributed by atoms with Crippen LogP contribution in [-0.2, 0) is 23.9 Å². The van der Waals surface area contributed by atoms with E-state index >= 15 is 0 Å². The molecule has 1 aromatic rings. The van der Waals surface area contributed by atoms with E-state index in [1.807, 2.05) is 52.8 Å². The number of nitrogens with zero attached hydrogens (tertiary/aromatic N) is 1. The number of amides is 3. The Hall–Kier alpha value is -3.10. The average molecular weight is 520 g/mol. The highest BCUT2D eigenvalue weighted by Crippen LogP contribution is 2.28. The lowest BCUT2D eigenvalue weighted by molar-refractivity contribution is -0.145. The van der Waals surface area contributed by atoms with Crippen molar-refractivity contribution < 1.29 is 28.7 Å². The summed E-state index contributed by atoms with van der Waals surface area (Å²) >= 11 is 0. The van der Waals surface area contributed by atoms with E-state index in [0.29, 0.717) is 24.9 Å². The summed E-state index contributed by atoms with van der Waals surface area (Å²) in [7, 11) is 1.24. The molecule has 0 saturated heterocycles. The Morgan fingerprint density at radius 1 is 1.08 bits per heavy atom. The molecule has 2 N–H and O–H groups in total. The van der Waals surface area contributed by atoms with E-state index in [4.69, 9.17) is 4.74 Å². The second-order valence-corrected chi connectivity index (χ2v) is 10.5. The van der Waals surface area contributed by atoms with E-state index in [1.165, 1.54) is 12.0 Å². The largest absolute Gasteiger partial charge is 0.468 e. The number of nitrogens with one attached hydrogen (secondary N) is 2. The second-order valence-electron chi connectivity index (χ2n) is 10.5. The summed E-state index contributed by atoms with van der Waals surface area (Å²) in [4.78, 5) is 53.6. The number of ether oxygens (including phenoxy) is 2. The molecule has 0 bridgehead atoms. The first-order chi connectivity index (χ1) is 17.2. The summed E-state index contributed by atoms with van der Waals surface area (Å²) in [5, 5.41) is 5.37.